The molecule has 7 aliphatic rings. The topological polar surface area (TPSA) is 496 Å². The smallest absolute Gasteiger partial charge is 0.330 e. The quantitative estimate of drug-likeness (QED) is 0.0384. The van der Waals surface area contributed by atoms with Gasteiger partial charge in [0.15, 0.2) is 29.9 Å². The number of amides is 7. The predicted molar refractivity (Wildman–Crippen MR) is 421 cm³/mol. The molecule has 0 radical (unpaired) electrons. The molecule has 0 unspecified atom stereocenters. The standard InChI is InChI=1S/C79H83Cl3IN9O23/c1-32(2)20-47(85-5)71(102)91-62-64(97)38-13-18-51(45(81)22-38)111-53-24-40-25-54(68(53)115-78-69(67(100)66(99)55(30-83)113-78)114-57-29-79(4,70(101)33(3)110-57)86-31-34-6-8-35(9-7-34)36-10-15-41(80)16-11-36)112-52-19-14-39(23-46(52)82)65(98)63-76(107)90-61(77(108)109)44-26-42(93)27-50(95)58(44)43-21-37(12-17-49(43)94)59(73(104)92-63)89-74(105)60(40)88-72(103)48(28-56(84)96)87-75(62)106/h6-19,21-27,32-33,47-48,55,57,59-67,69-70,78,85-86,93-95,97-101H,20,28-31H2,1-5H3,(H2,84,96)(H,87,106)(H,88,103)(H,89,105)(H,90,107)(H,91,102)(H,92,104)(H,108,109)/t33-,47+,48-,55+,57-,59+,60+,61-,62+,63-,64+,65+,66+,67-,69+,70+,78-,79-/m0/s1. The number of carboxylic acid groups (broad SMARTS) is 1. The van der Waals surface area contributed by atoms with Gasteiger partial charge in [-0.15, -0.1) is 0 Å². The minimum atomic E-state index is -2.33. The molecule has 11 bridgehead atoms. The highest BCUT2D eigenvalue weighted by Crippen LogP contribution is 2.50. The molecule has 115 heavy (non-hydrogen) atoms. The number of benzene rings is 7. The summed E-state index contributed by atoms with van der Waals surface area (Å²) in [6, 6.07) is 14.9. The number of aliphatic hydroxyl groups is 5. The number of likely N-dealkylation sites (N-methyl/N-ethyl adjacent to an activating group) is 1. The number of aromatic hydroxyl groups is 3. The highest BCUT2D eigenvalue weighted by Gasteiger charge is 2.52. The van der Waals surface area contributed by atoms with Crippen LogP contribution in [0.1, 0.15) is 111 Å². The number of carbonyl (C=O) groups excluding carboxylic acids is 7. The maximum Gasteiger partial charge on any atom is 0.330 e. The fourth-order valence-corrected chi connectivity index (χ4v) is 15.7. The van der Waals surface area contributed by atoms with Crippen molar-refractivity contribution < 1.29 is 113 Å². The third-order valence-corrected chi connectivity index (χ3v) is 22.2. The maximum atomic E-state index is 16.2. The lowest BCUT2D eigenvalue weighted by Gasteiger charge is -2.48. The number of fused-ring (bicyclic) bond motifs is 15. The van der Waals surface area contributed by atoms with Gasteiger partial charge in [0.1, 0.15) is 83.4 Å². The van der Waals surface area contributed by atoms with E-state index in [0.29, 0.717) is 5.02 Å². The molecule has 19 N–H and O–H groups in total. The van der Waals surface area contributed by atoms with E-state index in [-0.39, 0.29) is 62.9 Å². The number of rotatable bonds is 17. The normalized spacial score (nSPS) is 27.2. The molecule has 7 aromatic carbocycles. The van der Waals surface area contributed by atoms with Gasteiger partial charge in [0.25, 0.3) is 0 Å². The number of phenols is 3. The minimum Gasteiger partial charge on any atom is -0.508 e. The molecule has 18 atom stereocenters. The number of aliphatic hydroxyl groups excluding tert-OH is 5. The molecule has 7 amide bonds. The van der Waals surface area contributed by atoms with Gasteiger partial charge in [-0.25, -0.2) is 4.79 Å². The zero-order chi connectivity index (χ0) is 82.9. The number of carbonyl (C=O) groups is 8. The first-order valence-corrected chi connectivity index (χ1v) is 39.0. The number of phenolic OH excluding ortho intramolecular Hbond substituents is 3. The molecular formula is C79H83Cl3IN9O23. The molecule has 36 heteroatoms. The summed E-state index contributed by atoms with van der Waals surface area (Å²) >= 11 is 22.4. The number of halogens is 4. The van der Waals surface area contributed by atoms with E-state index in [1.54, 1.807) is 26.0 Å². The molecule has 7 aromatic rings. The van der Waals surface area contributed by atoms with Crippen LogP contribution < -0.4 is 62.5 Å². The van der Waals surface area contributed by atoms with Crippen LogP contribution in [-0.4, -0.2) is 184 Å². The number of nitrogens with two attached hydrogens (primary N) is 1. The van der Waals surface area contributed by atoms with E-state index >= 15 is 14.4 Å². The van der Waals surface area contributed by atoms with Crippen molar-refractivity contribution >= 4 is 105 Å². The molecule has 7 aliphatic heterocycles. The third-order valence-electron chi connectivity index (χ3n) is 20.5. The van der Waals surface area contributed by atoms with Gasteiger partial charge in [-0.3, -0.25) is 33.6 Å². The van der Waals surface area contributed by atoms with E-state index in [2.05, 4.69) is 42.5 Å². The molecule has 14 rings (SSSR count). The van der Waals surface area contributed by atoms with Gasteiger partial charge in [-0.2, -0.15) is 0 Å². The van der Waals surface area contributed by atoms with Gasteiger partial charge in [-0.1, -0.05) is 126 Å². The van der Waals surface area contributed by atoms with Crippen molar-refractivity contribution in [3.8, 4) is 68.2 Å². The number of nitrogens with one attached hydrogen (secondary N) is 8. The van der Waals surface area contributed by atoms with E-state index in [1.807, 2.05) is 72.8 Å². The highest BCUT2D eigenvalue weighted by molar-refractivity contribution is 14.1. The first-order chi connectivity index (χ1) is 54.6. The van der Waals surface area contributed by atoms with Crippen molar-refractivity contribution in [2.75, 3.05) is 11.5 Å². The lowest BCUT2D eigenvalue weighted by Crippen LogP contribution is -2.65. The molecule has 0 aromatic heterocycles. The van der Waals surface area contributed by atoms with Crippen LogP contribution in [0.15, 0.2) is 127 Å². The largest absolute Gasteiger partial charge is 0.508 e. The molecule has 610 valence electrons. The Morgan fingerprint density at radius 2 is 1.27 bits per heavy atom. The lowest BCUT2D eigenvalue weighted by atomic mass is 9.84. The van der Waals surface area contributed by atoms with E-state index in [4.69, 9.17) is 69.0 Å². The lowest BCUT2D eigenvalue weighted by molar-refractivity contribution is -0.330. The summed E-state index contributed by atoms with van der Waals surface area (Å²) in [4.78, 5) is 118. The van der Waals surface area contributed by atoms with Crippen molar-refractivity contribution in [3.63, 3.8) is 0 Å². The van der Waals surface area contributed by atoms with Gasteiger partial charge in [-0.05, 0) is 139 Å². The molecule has 0 saturated carbocycles. The number of primary amides is 1. The fraction of sp³-hybridized carbons (Fsp3) is 0.367. The molecule has 7 heterocycles. The van der Waals surface area contributed by atoms with Crippen LogP contribution in [0.4, 0.5) is 0 Å². The van der Waals surface area contributed by atoms with Crippen molar-refractivity contribution in [2.24, 2.45) is 11.7 Å². The van der Waals surface area contributed by atoms with Crippen LogP contribution in [0.25, 0.3) is 22.3 Å². The second kappa shape index (κ2) is 35.4. The summed E-state index contributed by atoms with van der Waals surface area (Å²) in [6.45, 7) is 7.24. The molecule has 32 nitrogen and oxygen atoms in total. The Hall–Kier alpha value is -9.70. The molecule has 2 saturated heterocycles. The van der Waals surface area contributed by atoms with E-state index < -0.39 is 225 Å². The Morgan fingerprint density at radius 3 is 1.87 bits per heavy atom. The summed E-state index contributed by atoms with van der Waals surface area (Å²) in [5.41, 5.74) is 4.57. The molecular weight excluding hydrogens is 1680 g/mol. The summed E-state index contributed by atoms with van der Waals surface area (Å²) in [5, 5.41) is 127. The second-order valence-corrected chi connectivity index (χ2v) is 31.3. The predicted octanol–water partition coefficient (Wildman–Crippen LogP) is 5.70. The number of alkyl halides is 1. The number of aliphatic carboxylic acids is 1. The summed E-state index contributed by atoms with van der Waals surface area (Å²) in [7, 11) is 1.49. The zero-order valence-electron chi connectivity index (χ0n) is 61.9. The van der Waals surface area contributed by atoms with Crippen LogP contribution >= 0.6 is 57.4 Å². The number of ether oxygens (including phenoxy) is 6. The minimum absolute atomic E-state index is 0.0125. The second-order valence-electron chi connectivity index (χ2n) is 29.2. The summed E-state index contributed by atoms with van der Waals surface area (Å²) in [5.74, 6) is -15.6. The van der Waals surface area contributed by atoms with E-state index in [1.165, 1.54) is 31.3 Å². The zero-order valence-corrected chi connectivity index (χ0v) is 66.3. The van der Waals surface area contributed by atoms with Gasteiger partial charge >= 0.3 is 5.97 Å². The van der Waals surface area contributed by atoms with Gasteiger partial charge in [0.2, 0.25) is 53.4 Å². The maximum absolute atomic E-state index is 16.2. The molecule has 0 aliphatic carbocycles. The molecule has 0 spiro atoms. The Bertz CT molecular complexity index is 4900. The van der Waals surface area contributed by atoms with E-state index in [9.17, 15) is 69.9 Å². The monoisotopic (exact) mass is 1760 g/mol. The Morgan fingerprint density at radius 1 is 0.670 bits per heavy atom. The van der Waals surface area contributed by atoms with E-state index in [0.717, 1.165) is 71.3 Å². The van der Waals surface area contributed by atoms with Crippen LogP contribution in [0.2, 0.25) is 15.1 Å². The Labute approximate surface area is 685 Å². The highest BCUT2D eigenvalue weighted by atomic mass is 127. The number of hydrogen-bond acceptors (Lipinski definition) is 24. The van der Waals surface area contributed by atoms with Crippen molar-refractivity contribution in [2.45, 2.75) is 163 Å². The van der Waals surface area contributed by atoms with Crippen LogP contribution in [0, 0.1) is 5.92 Å². The Kier molecular flexibility index (Phi) is 26.1. The van der Waals surface area contributed by atoms with Crippen molar-refractivity contribution in [1.29, 1.82) is 0 Å². The number of carboxylic acids is 1. The SMILES string of the molecule is CN[C@H](CC(C)C)C(=O)N[C@H]1C(=O)N[C@@H](CC(N)=O)C(=O)N[C@H]2C(=O)N[C@H]3C(=O)N[C@H](C(=O)N[C@H](C(=O)O)c4cc(O)cc(O)c4-c4cc3ccc4O)[C@H](O)c3ccc(c(Cl)c3)Oc3cc2cc(c3O[C@@H]2O[C@H](CI)[C@@H](O)[C@H](O)[C@H]2O[C@H]2C[C@](C)(NCc3ccc(-c4ccc(Cl)cc4)cc3)[C@H](O)[C@H](C)O2)Oc2ccc(cc2Cl)[C@H]1O. The van der Waals surface area contributed by atoms with Crippen LogP contribution in [-0.2, 0) is 59.1 Å². The van der Waals surface area contributed by atoms with Crippen LogP contribution in [0.3, 0.4) is 0 Å². The van der Waals surface area contributed by atoms with Crippen molar-refractivity contribution in [1.82, 2.24) is 42.5 Å². The fourth-order valence-electron chi connectivity index (χ4n) is 14.4. The summed E-state index contributed by atoms with van der Waals surface area (Å²) in [6.07, 6.45) is -17.3. The third kappa shape index (κ3) is 18.6. The van der Waals surface area contributed by atoms with Crippen molar-refractivity contribution in [3.05, 3.63) is 176 Å². The number of hydrogen-bond donors (Lipinski definition) is 18. The average Bonchev–Trinajstić information content (AvgIpc) is 0.764. The molecule has 2 fully saturated rings. The first-order valence-electron chi connectivity index (χ1n) is 36.3. The van der Waals surface area contributed by atoms with Gasteiger partial charge in [0.05, 0.1) is 40.8 Å². The van der Waals surface area contributed by atoms with Gasteiger partial charge in [0, 0.05) is 50.7 Å². The summed E-state index contributed by atoms with van der Waals surface area (Å²) < 4.78 is 40.0. The van der Waals surface area contributed by atoms with Crippen LogP contribution in [0.5, 0.6) is 46.0 Å². The average molecular weight is 1760 g/mol. The first kappa shape index (κ1) is 84.7. The van der Waals surface area contributed by atoms with Gasteiger partial charge < -0.3 is 123 Å². The Balaban J connectivity index is 1.04.